The first-order valence-electron chi connectivity index (χ1n) is 6.14. The lowest BCUT2D eigenvalue weighted by atomic mass is 10.0. The summed E-state index contributed by atoms with van der Waals surface area (Å²) in [5.74, 6) is -0.304. The second-order valence-corrected chi connectivity index (χ2v) is 5.76. The number of rotatable bonds is 4. The lowest BCUT2D eigenvalue weighted by molar-refractivity contribution is -0.129. The van der Waals surface area contributed by atoms with Crippen LogP contribution in [-0.4, -0.2) is 27.9 Å². The second kappa shape index (κ2) is 5.13. The summed E-state index contributed by atoms with van der Waals surface area (Å²) >= 11 is 1.51. The van der Waals surface area contributed by atoms with Gasteiger partial charge in [-0.3, -0.25) is 9.69 Å². The maximum atomic E-state index is 12.3. The molecule has 1 aromatic heterocycles. The molecule has 102 valence electrons. The summed E-state index contributed by atoms with van der Waals surface area (Å²) in [7, 11) is 0. The molecule has 3 amide bonds. The second-order valence-electron chi connectivity index (χ2n) is 4.70. The van der Waals surface area contributed by atoms with Crippen molar-refractivity contribution in [2.75, 3.05) is 0 Å². The Morgan fingerprint density at radius 1 is 1.53 bits per heavy atom. The monoisotopic (exact) mass is 279 g/mol. The van der Waals surface area contributed by atoms with Gasteiger partial charge in [0, 0.05) is 11.3 Å². The van der Waals surface area contributed by atoms with Crippen molar-refractivity contribution in [3.63, 3.8) is 0 Å². The van der Waals surface area contributed by atoms with Gasteiger partial charge in [0.25, 0.3) is 5.91 Å². The predicted octanol–water partition coefficient (Wildman–Crippen LogP) is 2.26. The minimum Gasteiger partial charge on any atom is -0.325 e. The molecule has 1 aliphatic heterocycles. The maximum absolute atomic E-state index is 12.3. The van der Waals surface area contributed by atoms with Gasteiger partial charge in [0.05, 0.1) is 16.7 Å². The van der Waals surface area contributed by atoms with Crippen LogP contribution in [0.25, 0.3) is 0 Å². The van der Waals surface area contributed by atoms with Crippen LogP contribution in [0.3, 0.4) is 0 Å². The smallest absolute Gasteiger partial charge is 0.325 e. The fourth-order valence-electron chi connectivity index (χ4n) is 2.08. The molecule has 1 fully saturated rings. The zero-order chi connectivity index (χ0) is 14.2. The number of aromatic nitrogens is 1. The number of amides is 3. The van der Waals surface area contributed by atoms with Gasteiger partial charge in [0.15, 0.2) is 0 Å². The summed E-state index contributed by atoms with van der Waals surface area (Å²) < 4.78 is 0. The first kappa shape index (κ1) is 13.7. The molecule has 0 spiro atoms. The molecule has 0 saturated carbocycles. The molecule has 3 atom stereocenters. The largest absolute Gasteiger partial charge is 0.325 e. The molecular formula is C13H17N3O2S. The Hall–Kier alpha value is -1.69. The molecule has 1 aliphatic rings. The average Bonchev–Trinajstić information content (AvgIpc) is 2.92. The van der Waals surface area contributed by atoms with Gasteiger partial charge in [-0.25, -0.2) is 9.78 Å². The van der Waals surface area contributed by atoms with Crippen LogP contribution >= 0.6 is 11.3 Å². The molecule has 1 aromatic rings. The van der Waals surface area contributed by atoms with Crippen molar-refractivity contribution in [1.82, 2.24) is 15.2 Å². The topological polar surface area (TPSA) is 62.3 Å². The number of nitrogens with one attached hydrogen (secondary N) is 1. The van der Waals surface area contributed by atoms with Gasteiger partial charge in [-0.1, -0.05) is 13.0 Å². The van der Waals surface area contributed by atoms with Crippen molar-refractivity contribution in [3.05, 3.63) is 28.7 Å². The van der Waals surface area contributed by atoms with Crippen LogP contribution in [0.2, 0.25) is 0 Å². The standard InChI is InChI=1S/C13H17N3O2S/c1-5-7(2)11-12(17)16(13(18)15-11)8(3)10-6-19-9(4)14-10/h5-8,11H,1H2,2-4H3,(H,15,18)/t7-,8-,11+/m0/s1. The highest BCUT2D eigenvalue weighted by molar-refractivity contribution is 7.09. The van der Waals surface area contributed by atoms with Gasteiger partial charge < -0.3 is 5.32 Å². The van der Waals surface area contributed by atoms with Crippen molar-refractivity contribution in [2.45, 2.75) is 32.9 Å². The van der Waals surface area contributed by atoms with Crippen molar-refractivity contribution in [1.29, 1.82) is 0 Å². The molecule has 2 rings (SSSR count). The fourth-order valence-corrected chi connectivity index (χ4v) is 2.78. The third kappa shape index (κ3) is 2.40. The molecule has 0 aromatic carbocycles. The van der Waals surface area contributed by atoms with Crippen LogP contribution in [-0.2, 0) is 4.79 Å². The molecule has 0 bridgehead atoms. The Bertz CT molecular complexity index is 526. The quantitative estimate of drug-likeness (QED) is 0.679. The van der Waals surface area contributed by atoms with Crippen LogP contribution in [0.15, 0.2) is 18.0 Å². The Labute approximate surface area is 116 Å². The SMILES string of the molecule is C=C[C@H](C)[C@H]1NC(=O)N([C@@H](C)c2csc(C)n2)C1=O. The first-order chi connectivity index (χ1) is 8.95. The lowest BCUT2D eigenvalue weighted by Gasteiger charge is -2.20. The lowest BCUT2D eigenvalue weighted by Crippen LogP contribution is -2.36. The van der Waals surface area contributed by atoms with Gasteiger partial charge in [-0.2, -0.15) is 0 Å². The Morgan fingerprint density at radius 2 is 2.21 bits per heavy atom. The number of nitrogens with zero attached hydrogens (tertiary/aromatic N) is 2. The molecule has 6 heteroatoms. The van der Waals surface area contributed by atoms with Crippen molar-refractivity contribution < 1.29 is 9.59 Å². The van der Waals surface area contributed by atoms with E-state index in [1.165, 1.54) is 16.2 Å². The summed E-state index contributed by atoms with van der Waals surface area (Å²) in [6, 6.07) is -1.23. The Balaban J connectivity index is 2.23. The van der Waals surface area contributed by atoms with Crippen LogP contribution in [0, 0.1) is 12.8 Å². The van der Waals surface area contributed by atoms with E-state index < -0.39 is 6.04 Å². The van der Waals surface area contributed by atoms with Crippen LogP contribution in [0.5, 0.6) is 0 Å². The summed E-state index contributed by atoms with van der Waals surface area (Å²) in [5, 5.41) is 5.50. The predicted molar refractivity (Wildman–Crippen MR) is 73.8 cm³/mol. The summed E-state index contributed by atoms with van der Waals surface area (Å²) in [4.78, 5) is 29.9. The van der Waals surface area contributed by atoms with Crippen LogP contribution < -0.4 is 5.32 Å². The van der Waals surface area contributed by atoms with Crippen molar-refractivity contribution in [3.8, 4) is 0 Å². The number of aryl methyl sites for hydroxylation is 1. The molecule has 1 N–H and O–H groups in total. The average molecular weight is 279 g/mol. The maximum Gasteiger partial charge on any atom is 0.325 e. The molecule has 0 radical (unpaired) electrons. The summed E-state index contributed by atoms with van der Waals surface area (Å²) in [6.07, 6.45) is 1.67. The van der Waals surface area contributed by atoms with Crippen molar-refractivity contribution in [2.24, 2.45) is 5.92 Å². The summed E-state index contributed by atoms with van der Waals surface area (Å²) in [5.41, 5.74) is 0.748. The Kier molecular flexibility index (Phi) is 3.71. The normalized spacial score (nSPS) is 22.3. The third-order valence-corrected chi connectivity index (χ3v) is 4.14. The van der Waals surface area contributed by atoms with Gasteiger partial charge in [-0.15, -0.1) is 17.9 Å². The van der Waals surface area contributed by atoms with E-state index in [4.69, 9.17) is 0 Å². The number of imide groups is 1. The van der Waals surface area contributed by atoms with E-state index in [1.54, 1.807) is 6.08 Å². The van der Waals surface area contributed by atoms with E-state index in [2.05, 4.69) is 16.9 Å². The fraction of sp³-hybridized carbons (Fsp3) is 0.462. The zero-order valence-corrected chi connectivity index (χ0v) is 12.0. The van der Waals surface area contributed by atoms with Gasteiger partial charge in [0.1, 0.15) is 6.04 Å². The van der Waals surface area contributed by atoms with E-state index in [1.807, 2.05) is 26.2 Å². The number of carbonyl (C=O) groups is 2. The van der Waals surface area contributed by atoms with Crippen LogP contribution in [0.4, 0.5) is 4.79 Å². The van der Waals surface area contributed by atoms with Crippen LogP contribution in [0.1, 0.15) is 30.6 Å². The Morgan fingerprint density at radius 3 is 2.74 bits per heavy atom. The molecule has 1 saturated heterocycles. The number of hydrogen-bond acceptors (Lipinski definition) is 4. The number of thiazole rings is 1. The highest BCUT2D eigenvalue weighted by Crippen LogP contribution is 2.27. The highest BCUT2D eigenvalue weighted by atomic mass is 32.1. The minimum absolute atomic E-state index is 0.0918. The number of hydrogen-bond donors (Lipinski definition) is 1. The molecule has 0 aliphatic carbocycles. The molecule has 5 nitrogen and oxygen atoms in total. The minimum atomic E-state index is -0.521. The molecule has 2 heterocycles. The third-order valence-electron chi connectivity index (χ3n) is 3.35. The van der Waals surface area contributed by atoms with E-state index in [0.717, 1.165) is 10.7 Å². The zero-order valence-electron chi connectivity index (χ0n) is 11.2. The first-order valence-corrected chi connectivity index (χ1v) is 7.01. The number of urea groups is 1. The van der Waals surface area contributed by atoms with Gasteiger partial charge in [-0.05, 0) is 13.8 Å². The highest BCUT2D eigenvalue weighted by Gasteiger charge is 2.43. The number of carbonyl (C=O) groups excluding carboxylic acids is 2. The molecular weight excluding hydrogens is 262 g/mol. The summed E-state index contributed by atoms with van der Waals surface area (Å²) in [6.45, 7) is 9.23. The van der Waals surface area contributed by atoms with E-state index in [-0.39, 0.29) is 23.9 Å². The van der Waals surface area contributed by atoms with E-state index in [9.17, 15) is 9.59 Å². The van der Waals surface area contributed by atoms with Crippen molar-refractivity contribution >= 4 is 23.3 Å². The molecule has 0 unspecified atom stereocenters. The van der Waals surface area contributed by atoms with E-state index >= 15 is 0 Å². The van der Waals surface area contributed by atoms with E-state index in [0.29, 0.717) is 0 Å². The molecule has 19 heavy (non-hydrogen) atoms. The van der Waals surface area contributed by atoms with Gasteiger partial charge in [0.2, 0.25) is 0 Å². The van der Waals surface area contributed by atoms with Gasteiger partial charge >= 0.3 is 6.03 Å².